The second-order valence-electron chi connectivity index (χ2n) is 9.80. The molecule has 2 N–H and O–H groups in total. The Kier molecular flexibility index (Phi) is 3.53. The molecule has 2 atom stereocenters. The van der Waals surface area contributed by atoms with E-state index in [-0.39, 0.29) is 28.5 Å². The third-order valence-electron chi connectivity index (χ3n) is 7.90. The summed E-state index contributed by atoms with van der Waals surface area (Å²) in [5.74, 6) is 0.0661. The van der Waals surface area contributed by atoms with Crippen molar-refractivity contribution in [3.63, 3.8) is 0 Å². The molecule has 5 aliphatic rings. The molecule has 2 aromatic rings. The lowest BCUT2D eigenvalue weighted by Crippen LogP contribution is -2.68. The van der Waals surface area contributed by atoms with Crippen molar-refractivity contribution in [2.45, 2.75) is 68.6 Å². The molecule has 2 saturated heterocycles. The fraction of sp³-hybridized carbons (Fsp3) is 0.565. The minimum atomic E-state index is -0.405. The first kappa shape index (κ1) is 17.5. The van der Waals surface area contributed by atoms with E-state index in [1.807, 2.05) is 18.2 Å². The fourth-order valence-electron chi connectivity index (χ4n) is 6.53. The van der Waals surface area contributed by atoms with Crippen LogP contribution in [0.15, 0.2) is 29.1 Å². The van der Waals surface area contributed by atoms with Gasteiger partial charge < -0.3 is 19.9 Å². The number of piperidine rings is 2. The average molecular weight is 393 g/mol. The van der Waals surface area contributed by atoms with Gasteiger partial charge in [0.1, 0.15) is 11.3 Å². The molecule has 6 heteroatoms. The van der Waals surface area contributed by atoms with Crippen molar-refractivity contribution < 1.29 is 9.90 Å². The molecular weight excluding hydrogens is 366 g/mol. The number of amides is 1. The number of nitrogens with zero attached hydrogens (tertiary/aromatic N) is 2. The van der Waals surface area contributed by atoms with Crippen LogP contribution in [0.1, 0.15) is 61.3 Å². The number of aromatic hydroxyl groups is 1. The van der Waals surface area contributed by atoms with Gasteiger partial charge in [0.15, 0.2) is 0 Å². The van der Waals surface area contributed by atoms with E-state index in [0.717, 1.165) is 32.1 Å². The van der Waals surface area contributed by atoms with Gasteiger partial charge in [-0.2, -0.15) is 0 Å². The van der Waals surface area contributed by atoms with E-state index < -0.39 is 5.91 Å². The highest BCUT2D eigenvalue weighted by molar-refractivity contribution is 6.02. The van der Waals surface area contributed by atoms with Gasteiger partial charge in [0.2, 0.25) is 0 Å². The van der Waals surface area contributed by atoms with Gasteiger partial charge in [0.25, 0.3) is 11.5 Å². The van der Waals surface area contributed by atoms with Crippen LogP contribution in [0.5, 0.6) is 5.75 Å². The van der Waals surface area contributed by atoms with Gasteiger partial charge in [-0.25, -0.2) is 0 Å². The SMILES string of the molecule is CN1C2CC3CC1CC(NC(=O)c1c(O)c4ccccc4n(C4CC4)c1=O)(C3)C2. The zero-order chi connectivity index (χ0) is 19.9. The highest BCUT2D eigenvalue weighted by atomic mass is 16.3. The smallest absolute Gasteiger partial charge is 0.267 e. The van der Waals surface area contributed by atoms with Gasteiger partial charge in [-0.3, -0.25) is 9.59 Å². The van der Waals surface area contributed by atoms with Crippen molar-refractivity contribution in [3.05, 3.63) is 40.2 Å². The number of aromatic nitrogens is 1. The minimum Gasteiger partial charge on any atom is -0.506 e. The predicted octanol–water partition coefficient (Wildman–Crippen LogP) is 2.79. The minimum absolute atomic E-state index is 0.0836. The summed E-state index contributed by atoms with van der Waals surface area (Å²) in [6.45, 7) is 0. The number of carbonyl (C=O) groups is 1. The maximum atomic E-state index is 13.4. The summed E-state index contributed by atoms with van der Waals surface area (Å²) >= 11 is 0. The molecule has 7 rings (SSSR count). The van der Waals surface area contributed by atoms with Crippen LogP contribution in [-0.2, 0) is 0 Å². The second kappa shape index (κ2) is 5.85. The molecule has 2 unspecified atom stereocenters. The van der Waals surface area contributed by atoms with Gasteiger partial charge >= 0.3 is 0 Å². The monoisotopic (exact) mass is 393 g/mol. The van der Waals surface area contributed by atoms with E-state index in [2.05, 4.69) is 17.3 Å². The van der Waals surface area contributed by atoms with E-state index in [1.54, 1.807) is 10.6 Å². The van der Waals surface area contributed by atoms with Crippen LogP contribution in [0.3, 0.4) is 0 Å². The lowest BCUT2D eigenvalue weighted by Gasteiger charge is -2.60. The van der Waals surface area contributed by atoms with Gasteiger partial charge in [0.05, 0.1) is 5.52 Å². The van der Waals surface area contributed by atoms with E-state index in [4.69, 9.17) is 0 Å². The number of fused-ring (bicyclic) bond motifs is 1. The number of rotatable bonds is 3. The summed E-state index contributed by atoms with van der Waals surface area (Å²) in [5, 5.41) is 14.7. The summed E-state index contributed by atoms with van der Waals surface area (Å²) in [6, 6.07) is 8.49. The molecule has 152 valence electrons. The molecule has 3 aliphatic carbocycles. The van der Waals surface area contributed by atoms with Crippen molar-refractivity contribution in [2.75, 3.05) is 7.05 Å². The van der Waals surface area contributed by atoms with Crippen molar-refractivity contribution in [1.82, 2.24) is 14.8 Å². The lowest BCUT2D eigenvalue weighted by atomic mass is 9.59. The largest absolute Gasteiger partial charge is 0.506 e. The zero-order valence-electron chi connectivity index (χ0n) is 16.7. The molecule has 1 aromatic carbocycles. The van der Waals surface area contributed by atoms with Crippen LogP contribution in [0, 0.1) is 5.92 Å². The first-order valence-corrected chi connectivity index (χ1v) is 10.9. The number of para-hydroxylation sites is 1. The molecule has 29 heavy (non-hydrogen) atoms. The third-order valence-corrected chi connectivity index (χ3v) is 7.90. The Hall–Kier alpha value is -2.34. The Morgan fingerprint density at radius 2 is 1.79 bits per heavy atom. The van der Waals surface area contributed by atoms with Crippen molar-refractivity contribution in [1.29, 1.82) is 0 Å². The predicted molar refractivity (Wildman–Crippen MR) is 110 cm³/mol. The lowest BCUT2D eigenvalue weighted by molar-refractivity contribution is -0.0665. The molecular formula is C23H27N3O3. The van der Waals surface area contributed by atoms with Gasteiger partial charge in [0, 0.05) is 29.1 Å². The van der Waals surface area contributed by atoms with Crippen LogP contribution in [0.25, 0.3) is 10.9 Å². The van der Waals surface area contributed by atoms with Crippen LogP contribution >= 0.6 is 0 Å². The topological polar surface area (TPSA) is 74.6 Å². The number of hydrogen-bond donors (Lipinski definition) is 2. The van der Waals surface area contributed by atoms with Gasteiger partial charge in [-0.05, 0) is 70.0 Å². The van der Waals surface area contributed by atoms with Crippen LogP contribution < -0.4 is 10.9 Å². The Morgan fingerprint density at radius 1 is 1.10 bits per heavy atom. The summed E-state index contributed by atoms with van der Waals surface area (Å²) in [6.07, 6.45) is 7.17. The van der Waals surface area contributed by atoms with E-state index in [1.165, 1.54) is 12.8 Å². The number of benzene rings is 1. The Morgan fingerprint density at radius 3 is 2.48 bits per heavy atom. The van der Waals surface area contributed by atoms with E-state index >= 15 is 0 Å². The van der Waals surface area contributed by atoms with Crippen molar-refractivity contribution in [3.8, 4) is 5.75 Å². The van der Waals surface area contributed by atoms with Crippen molar-refractivity contribution >= 4 is 16.8 Å². The quantitative estimate of drug-likeness (QED) is 0.841. The molecule has 0 spiro atoms. The molecule has 1 amide bonds. The fourth-order valence-corrected chi connectivity index (χ4v) is 6.53. The highest BCUT2D eigenvalue weighted by Crippen LogP contribution is 2.51. The number of nitrogens with one attached hydrogen (secondary N) is 1. The summed E-state index contributed by atoms with van der Waals surface area (Å²) in [4.78, 5) is 29.2. The average Bonchev–Trinajstić information content (AvgIpc) is 3.50. The summed E-state index contributed by atoms with van der Waals surface area (Å²) in [5.41, 5.74) is 0.0305. The normalized spacial score (nSPS) is 33.3. The molecule has 3 saturated carbocycles. The summed E-state index contributed by atoms with van der Waals surface area (Å²) in [7, 11) is 2.20. The number of carbonyl (C=O) groups excluding carboxylic acids is 1. The Balaban J connectivity index is 1.42. The maximum absolute atomic E-state index is 13.4. The van der Waals surface area contributed by atoms with Crippen LogP contribution in [-0.4, -0.2) is 45.2 Å². The summed E-state index contributed by atoms with van der Waals surface area (Å²) < 4.78 is 1.72. The standard InChI is InChI=1S/C23H27N3O3/c1-25-15-8-13-9-16(25)12-23(10-13,11-15)24-21(28)19-20(27)17-4-2-3-5-18(17)26(22(19)29)14-6-7-14/h2-5,13-16,27H,6-12H2,1H3,(H,24,28). The van der Waals surface area contributed by atoms with E-state index in [9.17, 15) is 14.7 Å². The molecule has 6 nitrogen and oxygen atoms in total. The highest BCUT2D eigenvalue weighted by Gasteiger charge is 2.54. The molecule has 3 heterocycles. The van der Waals surface area contributed by atoms with Crippen LogP contribution in [0.2, 0.25) is 0 Å². The number of pyridine rings is 1. The Labute approximate surface area is 169 Å². The molecule has 4 bridgehead atoms. The third kappa shape index (κ3) is 2.51. The second-order valence-corrected chi connectivity index (χ2v) is 9.80. The van der Waals surface area contributed by atoms with E-state index in [0.29, 0.717) is 28.9 Å². The molecule has 0 radical (unpaired) electrons. The molecule has 5 fully saturated rings. The van der Waals surface area contributed by atoms with Crippen LogP contribution in [0.4, 0.5) is 0 Å². The number of hydrogen-bond acceptors (Lipinski definition) is 4. The van der Waals surface area contributed by atoms with Crippen molar-refractivity contribution in [2.24, 2.45) is 5.92 Å². The van der Waals surface area contributed by atoms with Gasteiger partial charge in [-0.1, -0.05) is 12.1 Å². The first-order chi connectivity index (χ1) is 14.0. The molecule has 1 aromatic heterocycles. The Bertz CT molecular complexity index is 1070. The molecule has 2 aliphatic heterocycles. The maximum Gasteiger partial charge on any atom is 0.267 e. The first-order valence-electron chi connectivity index (χ1n) is 10.9. The van der Waals surface area contributed by atoms with Gasteiger partial charge in [-0.15, -0.1) is 0 Å². The zero-order valence-corrected chi connectivity index (χ0v) is 16.7.